The topological polar surface area (TPSA) is 98.0 Å². The van der Waals surface area contributed by atoms with E-state index in [1.54, 1.807) is 0 Å². The number of nitro groups is 1. The molecule has 156 valence electrons. The minimum Gasteiger partial charge on any atom is -0.323 e. The second-order valence-electron chi connectivity index (χ2n) is 6.63. The number of aryl methyl sites for hydroxylation is 1. The van der Waals surface area contributed by atoms with Crippen molar-refractivity contribution in [3.63, 3.8) is 0 Å². The molecule has 0 spiro atoms. The minimum absolute atomic E-state index is 0.0442. The van der Waals surface area contributed by atoms with Crippen LogP contribution in [0.15, 0.2) is 59.2 Å². The molecule has 1 amide bonds. The molecule has 0 aliphatic heterocycles. The fourth-order valence-electron chi connectivity index (χ4n) is 2.95. The molecule has 2 aromatic carbocycles. The zero-order valence-corrected chi connectivity index (χ0v) is 17.8. The first-order valence-corrected chi connectivity index (χ1v) is 10.9. The summed E-state index contributed by atoms with van der Waals surface area (Å²) in [7, 11) is 0. The van der Waals surface area contributed by atoms with Gasteiger partial charge in [-0.1, -0.05) is 41.6 Å². The van der Waals surface area contributed by atoms with Crippen molar-refractivity contribution in [1.29, 1.82) is 0 Å². The van der Waals surface area contributed by atoms with Crippen LogP contribution in [-0.4, -0.2) is 26.6 Å². The summed E-state index contributed by atoms with van der Waals surface area (Å²) in [6.07, 6.45) is 1.44. The SMILES string of the molecule is Cc1ccc(-c2csc3ncnc(SCC(=O)Nc4cc([N+](=O)[O-])ccc4F)c23)cc1. The lowest BCUT2D eigenvalue weighted by molar-refractivity contribution is -0.384. The fraction of sp³-hybridized carbons (Fsp3) is 0.0952. The van der Waals surface area contributed by atoms with Crippen LogP contribution in [0.25, 0.3) is 21.3 Å². The number of fused-ring (bicyclic) bond motifs is 1. The van der Waals surface area contributed by atoms with E-state index in [9.17, 15) is 19.3 Å². The number of benzene rings is 2. The highest BCUT2D eigenvalue weighted by Gasteiger charge is 2.16. The van der Waals surface area contributed by atoms with Crippen molar-refractivity contribution in [2.24, 2.45) is 0 Å². The third-order valence-corrected chi connectivity index (χ3v) is 6.35. The number of rotatable bonds is 6. The lowest BCUT2D eigenvalue weighted by Crippen LogP contribution is -2.15. The average molecular weight is 455 g/mol. The molecule has 0 saturated heterocycles. The van der Waals surface area contributed by atoms with Gasteiger partial charge in [0.1, 0.15) is 22.0 Å². The molecule has 10 heteroatoms. The molecular formula is C21H15FN4O3S2. The van der Waals surface area contributed by atoms with Crippen LogP contribution < -0.4 is 5.32 Å². The number of amides is 1. The number of nitrogens with one attached hydrogen (secondary N) is 1. The minimum atomic E-state index is -0.743. The van der Waals surface area contributed by atoms with Gasteiger partial charge >= 0.3 is 0 Å². The van der Waals surface area contributed by atoms with Gasteiger partial charge in [-0.3, -0.25) is 14.9 Å². The number of non-ortho nitro benzene ring substituents is 1. The first-order chi connectivity index (χ1) is 14.9. The normalized spacial score (nSPS) is 10.9. The van der Waals surface area contributed by atoms with E-state index in [0.717, 1.165) is 45.1 Å². The summed E-state index contributed by atoms with van der Waals surface area (Å²) in [6, 6.07) is 11.1. The number of nitrogens with zero attached hydrogens (tertiary/aromatic N) is 3. The van der Waals surface area contributed by atoms with E-state index in [1.165, 1.54) is 29.4 Å². The molecule has 0 saturated carbocycles. The molecule has 0 atom stereocenters. The summed E-state index contributed by atoms with van der Waals surface area (Å²) in [6.45, 7) is 2.02. The van der Waals surface area contributed by atoms with Gasteiger partial charge in [0.15, 0.2) is 0 Å². The van der Waals surface area contributed by atoms with Crippen molar-refractivity contribution in [3.05, 3.63) is 75.7 Å². The van der Waals surface area contributed by atoms with Crippen molar-refractivity contribution < 1.29 is 14.1 Å². The maximum absolute atomic E-state index is 13.9. The average Bonchev–Trinajstić information content (AvgIpc) is 3.19. The van der Waals surface area contributed by atoms with Gasteiger partial charge in [-0.05, 0) is 18.6 Å². The molecule has 2 heterocycles. The van der Waals surface area contributed by atoms with Gasteiger partial charge in [-0.25, -0.2) is 14.4 Å². The number of nitro benzene ring substituents is 1. The zero-order valence-electron chi connectivity index (χ0n) is 16.2. The van der Waals surface area contributed by atoms with E-state index in [1.807, 2.05) is 36.6 Å². The number of hydrogen-bond acceptors (Lipinski definition) is 7. The number of aromatic nitrogens is 2. The summed E-state index contributed by atoms with van der Waals surface area (Å²) in [4.78, 5) is 32.1. The van der Waals surface area contributed by atoms with Gasteiger partial charge in [0, 0.05) is 23.1 Å². The number of thioether (sulfide) groups is 1. The summed E-state index contributed by atoms with van der Waals surface area (Å²) in [5.41, 5.74) is 2.62. The number of carbonyl (C=O) groups excluding carboxylic acids is 1. The largest absolute Gasteiger partial charge is 0.323 e. The van der Waals surface area contributed by atoms with Crippen LogP contribution in [0, 0.1) is 22.9 Å². The van der Waals surface area contributed by atoms with E-state index in [4.69, 9.17) is 0 Å². The molecule has 31 heavy (non-hydrogen) atoms. The molecule has 0 radical (unpaired) electrons. The third-order valence-electron chi connectivity index (χ3n) is 4.47. The van der Waals surface area contributed by atoms with Crippen molar-refractivity contribution >= 4 is 50.6 Å². The predicted octanol–water partition coefficient (Wildman–Crippen LogP) is 5.44. The molecule has 7 nitrogen and oxygen atoms in total. The first-order valence-electron chi connectivity index (χ1n) is 9.08. The van der Waals surface area contributed by atoms with Crippen molar-refractivity contribution in [3.8, 4) is 11.1 Å². The number of thiophene rings is 1. The van der Waals surface area contributed by atoms with E-state index < -0.39 is 16.6 Å². The Morgan fingerprint density at radius 3 is 2.74 bits per heavy atom. The molecular weight excluding hydrogens is 439 g/mol. The first kappa shape index (κ1) is 20.9. The Balaban J connectivity index is 1.55. The summed E-state index contributed by atoms with van der Waals surface area (Å²) >= 11 is 2.69. The van der Waals surface area contributed by atoms with Crippen molar-refractivity contribution in [1.82, 2.24) is 9.97 Å². The maximum Gasteiger partial charge on any atom is 0.271 e. The van der Waals surface area contributed by atoms with Gasteiger partial charge in [-0.2, -0.15) is 0 Å². The fourth-order valence-corrected chi connectivity index (χ4v) is 4.74. The Labute approximate surface area is 184 Å². The lowest BCUT2D eigenvalue weighted by atomic mass is 10.1. The Bertz CT molecular complexity index is 1290. The Morgan fingerprint density at radius 1 is 1.23 bits per heavy atom. The highest BCUT2D eigenvalue weighted by atomic mass is 32.2. The molecule has 1 N–H and O–H groups in total. The smallest absolute Gasteiger partial charge is 0.271 e. The number of carbonyl (C=O) groups is 1. The van der Waals surface area contributed by atoms with Crippen LogP contribution in [0.5, 0.6) is 0 Å². The molecule has 2 aromatic heterocycles. The Morgan fingerprint density at radius 2 is 2.00 bits per heavy atom. The summed E-state index contributed by atoms with van der Waals surface area (Å²) in [5, 5.41) is 16.8. The van der Waals surface area contributed by atoms with Gasteiger partial charge in [0.2, 0.25) is 5.91 Å². The van der Waals surface area contributed by atoms with Crippen LogP contribution in [-0.2, 0) is 4.79 Å². The van der Waals surface area contributed by atoms with E-state index >= 15 is 0 Å². The number of anilines is 1. The van der Waals surface area contributed by atoms with Crippen molar-refractivity contribution in [2.45, 2.75) is 11.9 Å². The monoisotopic (exact) mass is 454 g/mol. The molecule has 0 aliphatic carbocycles. The van der Waals surface area contributed by atoms with Crippen LogP contribution in [0.4, 0.5) is 15.8 Å². The molecule has 0 fully saturated rings. The lowest BCUT2D eigenvalue weighted by Gasteiger charge is -2.08. The predicted molar refractivity (Wildman–Crippen MR) is 120 cm³/mol. The van der Waals surface area contributed by atoms with Gasteiger partial charge in [0.25, 0.3) is 5.69 Å². The number of hydrogen-bond donors (Lipinski definition) is 1. The van der Waals surface area contributed by atoms with Crippen LogP contribution in [0.2, 0.25) is 0 Å². The molecule has 0 aliphatic rings. The third kappa shape index (κ3) is 4.54. The van der Waals surface area contributed by atoms with E-state index in [0.29, 0.717) is 5.03 Å². The summed E-state index contributed by atoms with van der Waals surface area (Å²) in [5.74, 6) is -1.28. The highest BCUT2D eigenvalue weighted by molar-refractivity contribution is 8.00. The van der Waals surface area contributed by atoms with Crippen molar-refractivity contribution in [2.75, 3.05) is 11.1 Å². The molecule has 0 unspecified atom stereocenters. The quantitative estimate of drug-likeness (QED) is 0.180. The van der Waals surface area contributed by atoms with Crippen LogP contribution >= 0.6 is 23.1 Å². The second-order valence-corrected chi connectivity index (χ2v) is 8.45. The Hall–Kier alpha value is -3.37. The highest BCUT2D eigenvalue weighted by Crippen LogP contribution is 2.38. The van der Waals surface area contributed by atoms with E-state index in [-0.39, 0.29) is 17.1 Å². The van der Waals surface area contributed by atoms with E-state index in [2.05, 4.69) is 15.3 Å². The molecule has 0 bridgehead atoms. The van der Waals surface area contributed by atoms with Gasteiger partial charge < -0.3 is 5.32 Å². The van der Waals surface area contributed by atoms with Crippen LogP contribution in [0.3, 0.4) is 0 Å². The van der Waals surface area contributed by atoms with Gasteiger partial charge in [-0.15, -0.1) is 11.3 Å². The summed E-state index contributed by atoms with van der Waals surface area (Å²) < 4.78 is 13.9. The maximum atomic E-state index is 13.9. The molecule has 4 aromatic rings. The van der Waals surface area contributed by atoms with Gasteiger partial charge in [0.05, 0.1) is 21.7 Å². The second kappa shape index (κ2) is 8.78. The molecule has 4 rings (SSSR count). The zero-order chi connectivity index (χ0) is 22.0. The van der Waals surface area contributed by atoms with Crippen LogP contribution in [0.1, 0.15) is 5.56 Å². The standard InChI is InChI=1S/C21H15FN4O3S2/c1-12-2-4-13(5-3-12)15-9-30-20-19(15)21(24-11-23-20)31-10-18(27)25-17-8-14(26(28)29)6-7-16(17)22/h2-9,11H,10H2,1H3,(H,25,27). The Kier molecular flexibility index (Phi) is 5.92. The number of halogens is 1.